The number of halogens is 1. The van der Waals surface area contributed by atoms with E-state index >= 15 is 0 Å². The molecule has 4 nitrogen and oxygen atoms in total. The number of hydrogen-bond donors (Lipinski definition) is 1. The van der Waals surface area contributed by atoms with E-state index in [9.17, 15) is 9.18 Å². The van der Waals surface area contributed by atoms with Crippen LogP contribution in [0.5, 0.6) is 0 Å². The Hall–Kier alpha value is -2.95. The monoisotopic (exact) mass is 461 g/mol. The minimum Gasteiger partial charge on any atom is -0.363 e. The van der Waals surface area contributed by atoms with Crippen molar-refractivity contribution in [2.75, 3.05) is 5.32 Å². The average molecular weight is 462 g/mol. The van der Waals surface area contributed by atoms with E-state index in [1.807, 2.05) is 23.7 Å². The lowest BCUT2D eigenvalue weighted by Gasteiger charge is -2.38. The highest BCUT2D eigenvalue weighted by Crippen LogP contribution is 2.43. The topological polar surface area (TPSA) is 46.9 Å². The van der Waals surface area contributed by atoms with E-state index in [-0.39, 0.29) is 28.6 Å². The number of hydrogen-bond acceptors (Lipinski definition) is 3. The first kappa shape index (κ1) is 24.2. The lowest BCUT2D eigenvalue weighted by Crippen LogP contribution is -2.38. The van der Waals surface area contributed by atoms with Gasteiger partial charge in [-0.1, -0.05) is 61.9 Å². The lowest BCUT2D eigenvalue weighted by atomic mass is 9.71. The van der Waals surface area contributed by atoms with Crippen molar-refractivity contribution in [3.63, 3.8) is 0 Å². The highest BCUT2D eigenvalue weighted by atomic mass is 19.1. The molecule has 1 aliphatic heterocycles. The number of aryl methyl sites for hydroxylation is 2. The van der Waals surface area contributed by atoms with Crippen molar-refractivity contribution in [2.24, 2.45) is 0 Å². The van der Waals surface area contributed by atoms with Gasteiger partial charge >= 0.3 is 0 Å². The van der Waals surface area contributed by atoms with E-state index in [1.165, 1.54) is 17.2 Å². The third-order valence-corrected chi connectivity index (χ3v) is 7.72. The Balaban J connectivity index is 1.74. The van der Waals surface area contributed by atoms with E-state index < -0.39 is 0 Å². The van der Waals surface area contributed by atoms with Crippen LogP contribution in [0, 0.1) is 19.7 Å². The van der Waals surface area contributed by atoms with Crippen LogP contribution in [0.1, 0.15) is 92.2 Å². The first-order chi connectivity index (χ1) is 16.1. The fourth-order valence-electron chi connectivity index (χ4n) is 5.49. The third-order valence-electron chi connectivity index (χ3n) is 7.72. The number of ketones is 1. The van der Waals surface area contributed by atoms with Crippen LogP contribution in [0.15, 0.2) is 48.5 Å². The molecule has 3 aromatic rings. The summed E-state index contributed by atoms with van der Waals surface area (Å²) in [5.74, 6) is 0.557. The molecule has 5 heteroatoms. The zero-order valence-corrected chi connectivity index (χ0v) is 21.2. The van der Waals surface area contributed by atoms with Crippen molar-refractivity contribution in [1.82, 2.24) is 9.78 Å². The van der Waals surface area contributed by atoms with Crippen LogP contribution >= 0.6 is 0 Å². The Bertz CT molecular complexity index is 1190. The smallest absolute Gasteiger partial charge is 0.169 e. The second-order valence-electron chi connectivity index (χ2n) is 10.4. The fraction of sp³-hybridized carbons (Fsp3) is 0.448. The summed E-state index contributed by atoms with van der Waals surface area (Å²) in [4.78, 5) is 13.9. The van der Waals surface area contributed by atoms with Crippen LogP contribution in [0.25, 0.3) is 0 Å². The Morgan fingerprint density at radius 2 is 1.76 bits per heavy atom. The molecule has 1 N–H and O–H groups in total. The highest BCUT2D eigenvalue weighted by molar-refractivity contribution is 6.02. The van der Waals surface area contributed by atoms with Gasteiger partial charge in [-0.25, -0.2) is 9.07 Å². The predicted octanol–water partition coefficient (Wildman–Crippen LogP) is 7.26. The summed E-state index contributed by atoms with van der Waals surface area (Å²) in [6.07, 6.45) is 2.83. The maximum absolute atomic E-state index is 14.7. The standard InChI is InChI=1S/C29H36FN3O/c1-7-29(8-2,21-15-13-19(3)14-16-21)18-25(34)26-20(4)32-33-27(26)31-24(17-28(33,5)6)22-11-9-10-12-23(22)30/h9-16,24,31H,7-8,17-18H2,1-6H3/t24-/m1/s1. The van der Waals surface area contributed by atoms with Crippen LogP contribution in [0.4, 0.5) is 10.2 Å². The van der Waals surface area contributed by atoms with Crippen LogP contribution in [0.2, 0.25) is 0 Å². The maximum atomic E-state index is 14.7. The summed E-state index contributed by atoms with van der Waals surface area (Å²) in [5, 5.41) is 8.27. The van der Waals surface area contributed by atoms with Gasteiger partial charge in [0, 0.05) is 17.4 Å². The second-order valence-corrected chi connectivity index (χ2v) is 10.4. The first-order valence-corrected chi connectivity index (χ1v) is 12.3. The van der Waals surface area contributed by atoms with Gasteiger partial charge in [-0.2, -0.15) is 5.10 Å². The molecule has 2 aromatic carbocycles. The van der Waals surface area contributed by atoms with Gasteiger partial charge in [0.05, 0.1) is 22.8 Å². The Labute approximate surface area is 202 Å². The molecule has 34 heavy (non-hydrogen) atoms. The summed E-state index contributed by atoms with van der Waals surface area (Å²) in [7, 11) is 0. The van der Waals surface area contributed by atoms with Crippen molar-refractivity contribution in [3.8, 4) is 0 Å². The second kappa shape index (κ2) is 9.01. The molecule has 4 rings (SSSR count). The number of benzene rings is 2. The molecule has 0 unspecified atom stereocenters. The molecule has 0 saturated heterocycles. The molecule has 0 saturated carbocycles. The van der Waals surface area contributed by atoms with Gasteiger partial charge in [-0.05, 0) is 58.6 Å². The lowest BCUT2D eigenvalue weighted by molar-refractivity contribution is 0.0944. The molecule has 0 bridgehead atoms. The Morgan fingerprint density at radius 3 is 2.38 bits per heavy atom. The van der Waals surface area contributed by atoms with Crippen molar-refractivity contribution >= 4 is 11.6 Å². The quantitative estimate of drug-likeness (QED) is 0.377. The summed E-state index contributed by atoms with van der Waals surface area (Å²) >= 11 is 0. The number of rotatable bonds is 7. The summed E-state index contributed by atoms with van der Waals surface area (Å²) in [6.45, 7) is 12.5. The van der Waals surface area contributed by atoms with Crippen LogP contribution in [-0.2, 0) is 11.0 Å². The van der Waals surface area contributed by atoms with Gasteiger partial charge in [0.1, 0.15) is 11.6 Å². The molecule has 180 valence electrons. The van der Waals surface area contributed by atoms with Gasteiger partial charge < -0.3 is 5.32 Å². The van der Waals surface area contributed by atoms with E-state index in [0.29, 0.717) is 29.8 Å². The molecule has 0 amide bonds. The number of carbonyl (C=O) groups is 1. The zero-order valence-electron chi connectivity index (χ0n) is 21.2. The summed E-state index contributed by atoms with van der Waals surface area (Å²) in [5.41, 5.74) is 3.79. The van der Waals surface area contributed by atoms with Gasteiger partial charge in [0.25, 0.3) is 0 Å². The molecule has 0 spiro atoms. The average Bonchev–Trinajstić information content (AvgIpc) is 3.15. The summed E-state index contributed by atoms with van der Waals surface area (Å²) in [6, 6.07) is 15.2. The number of carbonyl (C=O) groups excluding carboxylic acids is 1. The van der Waals surface area contributed by atoms with Crippen molar-refractivity contribution in [3.05, 3.63) is 82.3 Å². The normalized spacial score (nSPS) is 17.2. The zero-order chi connectivity index (χ0) is 24.7. The number of anilines is 1. The molecule has 0 aliphatic carbocycles. The fourth-order valence-corrected chi connectivity index (χ4v) is 5.49. The number of nitrogens with one attached hydrogen (secondary N) is 1. The van der Waals surface area contributed by atoms with Gasteiger partial charge in [-0.15, -0.1) is 0 Å². The van der Waals surface area contributed by atoms with E-state index in [2.05, 4.69) is 64.2 Å². The van der Waals surface area contributed by atoms with Crippen molar-refractivity contribution < 1.29 is 9.18 Å². The summed E-state index contributed by atoms with van der Waals surface area (Å²) < 4.78 is 16.6. The van der Waals surface area contributed by atoms with Gasteiger partial charge in [0.2, 0.25) is 0 Å². The first-order valence-electron chi connectivity index (χ1n) is 12.3. The van der Waals surface area contributed by atoms with Gasteiger partial charge in [0.15, 0.2) is 5.78 Å². The van der Waals surface area contributed by atoms with Crippen molar-refractivity contribution in [2.45, 2.75) is 84.2 Å². The van der Waals surface area contributed by atoms with Gasteiger partial charge in [-0.3, -0.25) is 4.79 Å². The maximum Gasteiger partial charge on any atom is 0.169 e. The minimum absolute atomic E-state index is 0.0838. The molecule has 0 radical (unpaired) electrons. The van der Waals surface area contributed by atoms with Crippen molar-refractivity contribution in [1.29, 1.82) is 0 Å². The highest BCUT2D eigenvalue weighted by Gasteiger charge is 2.40. The van der Waals surface area contributed by atoms with E-state index in [4.69, 9.17) is 5.10 Å². The molecule has 2 heterocycles. The Morgan fingerprint density at radius 1 is 1.12 bits per heavy atom. The molecule has 0 fully saturated rings. The molecule has 1 aromatic heterocycles. The van der Waals surface area contributed by atoms with Crippen LogP contribution in [0.3, 0.4) is 0 Å². The third kappa shape index (κ3) is 4.17. The number of Topliss-reactive ketones (excluding diaryl/α,β-unsaturated/α-hetero) is 1. The number of aromatic nitrogens is 2. The Kier molecular flexibility index (Phi) is 6.41. The largest absolute Gasteiger partial charge is 0.363 e. The minimum atomic E-state index is -0.361. The van der Waals surface area contributed by atoms with E-state index in [1.54, 1.807) is 6.07 Å². The van der Waals surface area contributed by atoms with E-state index in [0.717, 1.165) is 18.5 Å². The predicted molar refractivity (Wildman–Crippen MR) is 136 cm³/mol. The molecular weight excluding hydrogens is 425 g/mol. The number of fused-ring (bicyclic) bond motifs is 1. The molecule has 1 aliphatic rings. The molecule has 1 atom stereocenters. The van der Waals surface area contributed by atoms with Crippen LogP contribution < -0.4 is 5.32 Å². The van der Waals surface area contributed by atoms with Crippen LogP contribution in [-0.4, -0.2) is 15.6 Å². The SMILES string of the molecule is CCC(CC)(CC(=O)c1c(C)nn2c1N[C@@H](c1ccccc1F)CC2(C)C)c1ccc(C)cc1. The molecular formula is C29H36FN3O. The number of nitrogens with zero attached hydrogens (tertiary/aromatic N) is 2.